The van der Waals surface area contributed by atoms with Gasteiger partial charge in [-0.15, -0.1) is 11.6 Å². The second kappa shape index (κ2) is 9.58. The predicted octanol–water partition coefficient (Wildman–Crippen LogP) is 5.32. The second-order valence-electron chi connectivity index (χ2n) is 7.40. The van der Waals surface area contributed by atoms with Crippen LogP contribution in [0.15, 0.2) is 103 Å². The summed E-state index contributed by atoms with van der Waals surface area (Å²) in [5.41, 5.74) is 2.88. The summed E-state index contributed by atoms with van der Waals surface area (Å²) >= 11 is 6.41. The highest BCUT2D eigenvalue weighted by Crippen LogP contribution is 2.30. The average Bonchev–Trinajstić information content (AvgIpc) is 2.80. The fraction of sp³-hybridized carbons (Fsp3) is 0.120. The van der Waals surface area contributed by atoms with E-state index in [1.54, 1.807) is 48.9 Å². The van der Waals surface area contributed by atoms with Crippen molar-refractivity contribution in [1.29, 1.82) is 0 Å². The molecule has 1 atom stereocenters. The van der Waals surface area contributed by atoms with Crippen LogP contribution in [-0.2, 0) is 4.79 Å². The highest BCUT2D eigenvalue weighted by atomic mass is 35.5. The predicted molar refractivity (Wildman–Crippen MR) is 125 cm³/mol. The van der Waals surface area contributed by atoms with Gasteiger partial charge in [-0.2, -0.15) is 0 Å². The number of hydrogen-bond donors (Lipinski definition) is 1. The number of ether oxygens (including phenoxy) is 1. The molecule has 6 nitrogen and oxygen atoms in total. The molecule has 1 aliphatic rings. The molecule has 0 aliphatic heterocycles. The maximum Gasteiger partial charge on any atom is 0.338 e. The van der Waals surface area contributed by atoms with E-state index in [1.165, 1.54) is 6.08 Å². The van der Waals surface area contributed by atoms with Crippen molar-refractivity contribution in [2.24, 2.45) is 0 Å². The van der Waals surface area contributed by atoms with Gasteiger partial charge in [0.15, 0.2) is 0 Å². The molecule has 1 aromatic carbocycles. The number of nitrogens with zero attached hydrogens (tertiary/aromatic N) is 3. The first-order valence-corrected chi connectivity index (χ1v) is 10.4. The minimum absolute atomic E-state index is 0.346. The van der Waals surface area contributed by atoms with Crippen LogP contribution < -0.4 is 10.1 Å². The Morgan fingerprint density at radius 2 is 2.00 bits per heavy atom. The van der Waals surface area contributed by atoms with Crippen molar-refractivity contribution in [1.82, 2.24) is 15.0 Å². The van der Waals surface area contributed by atoms with E-state index in [1.807, 2.05) is 43.4 Å². The zero-order valence-electron chi connectivity index (χ0n) is 17.4. The summed E-state index contributed by atoms with van der Waals surface area (Å²) in [6, 6.07) is 14.5. The Labute approximate surface area is 191 Å². The molecule has 160 valence electrons. The molecule has 2 aromatic heterocycles. The third-order valence-electron chi connectivity index (χ3n) is 4.73. The highest BCUT2D eigenvalue weighted by molar-refractivity contribution is 6.25. The molecule has 0 radical (unpaired) electrons. The van der Waals surface area contributed by atoms with Crippen molar-refractivity contribution in [3.8, 4) is 17.0 Å². The van der Waals surface area contributed by atoms with E-state index >= 15 is 0 Å². The summed E-state index contributed by atoms with van der Waals surface area (Å²) in [5, 5.41) is 3.16. The molecule has 0 amide bonds. The number of para-hydroxylation sites is 1. The van der Waals surface area contributed by atoms with E-state index in [0.29, 0.717) is 29.5 Å². The van der Waals surface area contributed by atoms with Crippen molar-refractivity contribution in [2.75, 3.05) is 5.32 Å². The lowest BCUT2D eigenvalue weighted by Gasteiger charge is -2.21. The summed E-state index contributed by atoms with van der Waals surface area (Å²) in [5.74, 6) is 0.290. The van der Waals surface area contributed by atoms with Gasteiger partial charge in [-0.3, -0.25) is 4.98 Å². The number of pyridine rings is 1. The van der Waals surface area contributed by atoms with Gasteiger partial charge in [0.25, 0.3) is 0 Å². The van der Waals surface area contributed by atoms with Crippen LogP contribution in [0.25, 0.3) is 11.3 Å². The maximum atomic E-state index is 12.6. The quantitative estimate of drug-likeness (QED) is 0.240. The number of carbonyl (C=O) groups excluding carboxylic acids is 1. The minimum Gasteiger partial charge on any atom is -0.423 e. The first-order valence-electron chi connectivity index (χ1n) is 10.1. The second-order valence-corrected chi connectivity index (χ2v) is 8.26. The topological polar surface area (TPSA) is 77.0 Å². The monoisotopic (exact) mass is 444 g/mol. The molecule has 7 heteroatoms. The molecule has 0 unspecified atom stereocenters. The lowest BCUT2D eigenvalue weighted by Crippen LogP contribution is -2.17. The summed E-state index contributed by atoms with van der Waals surface area (Å²) in [7, 11) is 0. The molecule has 0 saturated heterocycles. The third-order valence-corrected chi connectivity index (χ3v) is 5.01. The Morgan fingerprint density at radius 3 is 2.72 bits per heavy atom. The molecule has 1 aliphatic carbocycles. The van der Waals surface area contributed by atoms with E-state index in [2.05, 4.69) is 20.3 Å². The molecule has 0 bridgehead atoms. The number of hydrogen-bond acceptors (Lipinski definition) is 6. The van der Waals surface area contributed by atoms with Crippen molar-refractivity contribution in [2.45, 2.75) is 18.2 Å². The van der Waals surface area contributed by atoms with E-state index in [9.17, 15) is 4.79 Å². The van der Waals surface area contributed by atoms with Crippen LogP contribution in [0.5, 0.6) is 5.75 Å². The Balaban J connectivity index is 1.62. The first kappa shape index (κ1) is 21.5. The van der Waals surface area contributed by atoms with Crippen LogP contribution in [0, 0.1) is 0 Å². The van der Waals surface area contributed by atoms with Crippen LogP contribution in [-0.4, -0.2) is 25.8 Å². The van der Waals surface area contributed by atoms with Gasteiger partial charge >= 0.3 is 5.97 Å². The summed E-state index contributed by atoms with van der Waals surface area (Å²) in [6.07, 6.45) is 12.8. The van der Waals surface area contributed by atoms with Crippen LogP contribution in [0.4, 0.5) is 5.95 Å². The number of allylic oxidation sites excluding steroid dienone is 3. The molecule has 0 spiro atoms. The summed E-state index contributed by atoms with van der Waals surface area (Å²) in [6.45, 7) is 1.93. The zero-order valence-corrected chi connectivity index (χ0v) is 18.2. The number of aromatic nitrogens is 3. The molecule has 0 saturated carbocycles. The molecule has 4 rings (SSSR count). The Hall–Kier alpha value is -3.77. The van der Waals surface area contributed by atoms with Crippen LogP contribution in [0.1, 0.15) is 13.3 Å². The SMILES string of the molecule is C[C@@]1(Cl)C=CC(/C(=C\C(=O)Oc2ccccc2)Nc2nccc(-c3cccnc3)n2)=CC1. The van der Waals surface area contributed by atoms with Crippen molar-refractivity contribution < 1.29 is 9.53 Å². The molecule has 3 aromatic rings. The molecule has 0 fully saturated rings. The minimum atomic E-state index is -0.518. The smallest absolute Gasteiger partial charge is 0.338 e. The highest BCUT2D eigenvalue weighted by Gasteiger charge is 2.21. The summed E-state index contributed by atoms with van der Waals surface area (Å²) in [4.78, 5) is 25.1. The lowest BCUT2D eigenvalue weighted by atomic mass is 9.96. The van der Waals surface area contributed by atoms with E-state index in [4.69, 9.17) is 16.3 Å². The summed E-state index contributed by atoms with van der Waals surface area (Å²) < 4.78 is 5.43. The van der Waals surface area contributed by atoms with E-state index in [0.717, 1.165) is 11.1 Å². The van der Waals surface area contributed by atoms with Crippen molar-refractivity contribution in [3.63, 3.8) is 0 Å². The van der Waals surface area contributed by atoms with Gasteiger partial charge in [0.1, 0.15) is 5.75 Å². The Morgan fingerprint density at radius 1 is 1.16 bits per heavy atom. The van der Waals surface area contributed by atoms with Gasteiger partial charge in [0, 0.05) is 30.2 Å². The number of rotatable bonds is 6. The van der Waals surface area contributed by atoms with Crippen LogP contribution in [0.2, 0.25) is 0 Å². The number of alkyl halides is 1. The van der Waals surface area contributed by atoms with Crippen molar-refractivity contribution in [3.05, 3.63) is 103 Å². The number of anilines is 1. The molecule has 32 heavy (non-hydrogen) atoms. The van der Waals surface area contributed by atoms with Gasteiger partial charge in [-0.1, -0.05) is 36.4 Å². The zero-order chi connectivity index (χ0) is 22.4. The van der Waals surface area contributed by atoms with Gasteiger partial charge in [0.05, 0.1) is 16.3 Å². The number of benzene rings is 1. The normalized spacial score (nSPS) is 18.1. The van der Waals surface area contributed by atoms with E-state index < -0.39 is 10.8 Å². The van der Waals surface area contributed by atoms with Crippen LogP contribution in [0.3, 0.4) is 0 Å². The fourth-order valence-electron chi connectivity index (χ4n) is 3.07. The number of halogens is 1. The molecular weight excluding hydrogens is 424 g/mol. The Kier molecular flexibility index (Phi) is 6.42. The fourth-order valence-corrected chi connectivity index (χ4v) is 3.21. The van der Waals surface area contributed by atoms with E-state index in [-0.39, 0.29) is 0 Å². The first-order chi connectivity index (χ1) is 15.5. The standard InChI is InChI=1S/C25H21ClN4O2/c1-25(26)12-9-18(10-13-25)22(16-23(31)32-20-7-3-2-4-8-20)30-24-28-15-11-21(29-24)19-6-5-14-27-17-19/h2-12,14-17H,13H2,1H3,(H,28,29,30)/b22-16+/t25-/m1/s1. The van der Waals surface area contributed by atoms with Gasteiger partial charge in [0.2, 0.25) is 5.95 Å². The van der Waals surface area contributed by atoms with Gasteiger partial charge in [-0.25, -0.2) is 14.8 Å². The molecule has 2 heterocycles. The maximum absolute atomic E-state index is 12.6. The third kappa shape index (κ3) is 5.68. The number of nitrogens with one attached hydrogen (secondary N) is 1. The Bertz CT molecular complexity index is 1190. The lowest BCUT2D eigenvalue weighted by molar-refractivity contribution is -0.129. The number of carbonyl (C=O) groups is 1. The van der Waals surface area contributed by atoms with Crippen molar-refractivity contribution >= 4 is 23.5 Å². The van der Waals surface area contributed by atoms with Crippen LogP contribution >= 0.6 is 11.6 Å². The van der Waals surface area contributed by atoms with Gasteiger partial charge < -0.3 is 10.1 Å². The number of esters is 1. The average molecular weight is 445 g/mol. The largest absolute Gasteiger partial charge is 0.423 e. The molecular formula is C25H21ClN4O2. The molecule has 1 N–H and O–H groups in total. The van der Waals surface area contributed by atoms with Gasteiger partial charge in [-0.05, 0) is 49.2 Å².